The maximum absolute atomic E-state index is 5.66. The average Bonchev–Trinajstić information content (AvgIpc) is 2.41. The zero-order valence-corrected chi connectivity index (χ0v) is 10.0. The van der Waals surface area contributed by atoms with Crippen molar-refractivity contribution in [3.05, 3.63) is 65.7 Å². The molecule has 1 N–H and O–H groups in total. The van der Waals surface area contributed by atoms with Crippen molar-refractivity contribution in [1.82, 2.24) is 0 Å². The summed E-state index contributed by atoms with van der Waals surface area (Å²) in [6.45, 7) is 1.31. The minimum absolute atomic E-state index is 0.652. The number of nitrogens with one attached hydrogen (secondary N) is 1. The lowest BCUT2D eigenvalue weighted by atomic mass is 10.2. The highest BCUT2D eigenvalue weighted by atomic mass is 16.5. The first-order valence-electron chi connectivity index (χ1n) is 5.77. The number of anilines is 1. The maximum atomic E-state index is 5.66. The van der Waals surface area contributed by atoms with Crippen LogP contribution in [0.25, 0.3) is 0 Å². The van der Waals surface area contributed by atoms with E-state index in [4.69, 9.17) is 4.74 Å². The number of hydrogen-bond donors (Lipinski definition) is 1. The lowest BCUT2D eigenvalue weighted by molar-refractivity contribution is 0.107. The van der Waals surface area contributed by atoms with Crippen molar-refractivity contribution < 1.29 is 4.74 Å². The molecule has 0 saturated carbocycles. The quantitative estimate of drug-likeness (QED) is 0.844. The van der Waals surface area contributed by atoms with Crippen molar-refractivity contribution in [2.24, 2.45) is 0 Å². The number of ether oxygens (including phenoxy) is 1. The first-order valence-corrected chi connectivity index (χ1v) is 5.77. The van der Waals surface area contributed by atoms with Crippen LogP contribution in [0.2, 0.25) is 0 Å². The molecule has 2 aromatic rings. The molecule has 2 heteroatoms. The Bertz CT molecular complexity index is 436. The van der Waals surface area contributed by atoms with E-state index in [-0.39, 0.29) is 0 Å². The molecule has 0 aliphatic rings. The molecule has 0 saturated heterocycles. The van der Waals surface area contributed by atoms with E-state index in [0.717, 1.165) is 5.69 Å². The van der Waals surface area contributed by atoms with Gasteiger partial charge in [0, 0.05) is 12.7 Å². The van der Waals surface area contributed by atoms with Gasteiger partial charge in [-0.2, -0.15) is 0 Å². The molecule has 0 aliphatic heterocycles. The Kier molecular flexibility index (Phi) is 4.17. The van der Waals surface area contributed by atoms with Crippen LogP contribution in [-0.4, -0.2) is 7.05 Å². The summed E-state index contributed by atoms with van der Waals surface area (Å²) < 4.78 is 5.66. The minimum Gasteiger partial charge on any atom is -0.388 e. The molecule has 0 atom stereocenters. The highest BCUT2D eigenvalue weighted by Gasteiger charge is 1.95. The van der Waals surface area contributed by atoms with Crippen LogP contribution in [-0.2, 0) is 18.0 Å². The van der Waals surface area contributed by atoms with Gasteiger partial charge in [0.05, 0.1) is 13.2 Å². The molecule has 0 unspecified atom stereocenters. The van der Waals surface area contributed by atoms with Gasteiger partial charge < -0.3 is 10.1 Å². The predicted octanol–water partition coefficient (Wildman–Crippen LogP) is 3.45. The fourth-order valence-electron chi connectivity index (χ4n) is 1.63. The normalized spacial score (nSPS) is 10.2. The third-order valence-electron chi connectivity index (χ3n) is 2.62. The van der Waals surface area contributed by atoms with Gasteiger partial charge in [-0.3, -0.25) is 0 Å². The van der Waals surface area contributed by atoms with Gasteiger partial charge in [0.1, 0.15) is 0 Å². The summed E-state index contributed by atoms with van der Waals surface area (Å²) in [4.78, 5) is 0. The molecule has 0 radical (unpaired) electrons. The molecule has 0 aliphatic carbocycles. The monoisotopic (exact) mass is 227 g/mol. The first-order chi connectivity index (χ1) is 8.38. The van der Waals surface area contributed by atoms with Crippen LogP contribution in [0.5, 0.6) is 0 Å². The fraction of sp³-hybridized carbons (Fsp3) is 0.200. The van der Waals surface area contributed by atoms with Crippen LogP contribution in [0.1, 0.15) is 11.1 Å². The topological polar surface area (TPSA) is 21.3 Å². The molecule has 2 nitrogen and oxygen atoms in total. The van der Waals surface area contributed by atoms with Gasteiger partial charge in [-0.15, -0.1) is 0 Å². The van der Waals surface area contributed by atoms with E-state index in [0.29, 0.717) is 13.2 Å². The Morgan fingerprint density at radius 1 is 0.824 bits per heavy atom. The second-order valence-corrected chi connectivity index (χ2v) is 3.93. The van der Waals surface area contributed by atoms with Crippen LogP contribution in [0.15, 0.2) is 54.6 Å². The maximum Gasteiger partial charge on any atom is 0.0721 e. The minimum atomic E-state index is 0.652. The van der Waals surface area contributed by atoms with E-state index in [1.165, 1.54) is 11.1 Å². The van der Waals surface area contributed by atoms with E-state index in [2.05, 4.69) is 41.7 Å². The van der Waals surface area contributed by atoms with Gasteiger partial charge >= 0.3 is 0 Å². The van der Waals surface area contributed by atoms with Crippen molar-refractivity contribution >= 4 is 5.69 Å². The molecule has 88 valence electrons. The van der Waals surface area contributed by atoms with Gasteiger partial charge in [0.2, 0.25) is 0 Å². The van der Waals surface area contributed by atoms with Crippen LogP contribution in [0.4, 0.5) is 5.69 Å². The van der Waals surface area contributed by atoms with Crippen molar-refractivity contribution in [3.8, 4) is 0 Å². The van der Waals surface area contributed by atoms with Gasteiger partial charge in [0.25, 0.3) is 0 Å². The second-order valence-electron chi connectivity index (χ2n) is 3.93. The zero-order valence-electron chi connectivity index (χ0n) is 10.0. The van der Waals surface area contributed by atoms with E-state index < -0.39 is 0 Å². The van der Waals surface area contributed by atoms with Crippen molar-refractivity contribution in [2.75, 3.05) is 12.4 Å². The van der Waals surface area contributed by atoms with Crippen molar-refractivity contribution in [3.63, 3.8) is 0 Å². The van der Waals surface area contributed by atoms with Gasteiger partial charge in [-0.1, -0.05) is 42.5 Å². The number of benzene rings is 2. The summed E-state index contributed by atoms with van der Waals surface area (Å²) in [7, 11) is 1.92. The molecule has 0 fully saturated rings. The summed E-state index contributed by atoms with van der Waals surface area (Å²) in [5.41, 5.74) is 3.52. The molecule has 0 bridgehead atoms. The molecule has 0 heterocycles. The van der Waals surface area contributed by atoms with Crippen molar-refractivity contribution in [1.29, 1.82) is 0 Å². The summed E-state index contributed by atoms with van der Waals surface area (Å²) in [6.07, 6.45) is 0. The Hall–Kier alpha value is -1.80. The Labute approximate surface area is 102 Å². The zero-order chi connectivity index (χ0) is 11.9. The standard InChI is InChI=1S/C15H17NO/c1-16-15-9-7-14(8-10-15)12-17-11-13-5-3-2-4-6-13/h2-10,16H,11-12H2,1H3. The summed E-state index contributed by atoms with van der Waals surface area (Å²) in [6, 6.07) is 18.5. The highest BCUT2D eigenvalue weighted by molar-refractivity contribution is 5.43. The van der Waals surface area contributed by atoms with E-state index in [1.807, 2.05) is 25.2 Å². The molecule has 0 amide bonds. The van der Waals surface area contributed by atoms with E-state index in [1.54, 1.807) is 0 Å². The van der Waals surface area contributed by atoms with Gasteiger partial charge in [-0.05, 0) is 23.3 Å². The lowest BCUT2D eigenvalue weighted by Gasteiger charge is -2.05. The van der Waals surface area contributed by atoms with E-state index >= 15 is 0 Å². The molecule has 17 heavy (non-hydrogen) atoms. The van der Waals surface area contributed by atoms with Crippen molar-refractivity contribution in [2.45, 2.75) is 13.2 Å². The SMILES string of the molecule is CNc1ccc(COCc2ccccc2)cc1. The second kappa shape index (κ2) is 6.06. The van der Waals surface area contributed by atoms with Crippen LogP contribution >= 0.6 is 0 Å². The van der Waals surface area contributed by atoms with Gasteiger partial charge in [0.15, 0.2) is 0 Å². The largest absolute Gasteiger partial charge is 0.388 e. The van der Waals surface area contributed by atoms with Crippen LogP contribution in [0.3, 0.4) is 0 Å². The third-order valence-corrected chi connectivity index (χ3v) is 2.62. The molecule has 2 rings (SSSR count). The fourth-order valence-corrected chi connectivity index (χ4v) is 1.63. The van der Waals surface area contributed by atoms with Crippen LogP contribution < -0.4 is 5.32 Å². The molecule has 2 aromatic carbocycles. The van der Waals surface area contributed by atoms with E-state index in [9.17, 15) is 0 Å². The Morgan fingerprint density at radius 3 is 2.00 bits per heavy atom. The summed E-state index contributed by atoms with van der Waals surface area (Å²) in [5.74, 6) is 0. The Morgan fingerprint density at radius 2 is 1.41 bits per heavy atom. The summed E-state index contributed by atoms with van der Waals surface area (Å²) >= 11 is 0. The lowest BCUT2D eigenvalue weighted by Crippen LogP contribution is -1.94. The highest BCUT2D eigenvalue weighted by Crippen LogP contribution is 2.10. The molecule has 0 aromatic heterocycles. The predicted molar refractivity (Wildman–Crippen MR) is 70.9 cm³/mol. The molecule has 0 spiro atoms. The average molecular weight is 227 g/mol. The number of rotatable bonds is 5. The molecular formula is C15H17NO. The van der Waals surface area contributed by atoms with Gasteiger partial charge in [-0.25, -0.2) is 0 Å². The summed E-state index contributed by atoms with van der Waals surface area (Å²) in [5, 5.41) is 3.10. The first kappa shape index (κ1) is 11.7. The number of hydrogen-bond acceptors (Lipinski definition) is 2. The third kappa shape index (κ3) is 3.61. The Balaban J connectivity index is 1.82. The smallest absolute Gasteiger partial charge is 0.0721 e. The van der Waals surface area contributed by atoms with Crippen LogP contribution in [0, 0.1) is 0 Å². The molecular weight excluding hydrogens is 210 g/mol.